The fourth-order valence-corrected chi connectivity index (χ4v) is 1.60. The number of fused-ring (bicyclic) bond motifs is 1. The van der Waals surface area contributed by atoms with Crippen molar-refractivity contribution in [2.45, 2.75) is 0 Å². The van der Waals surface area contributed by atoms with Gasteiger partial charge < -0.3 is 15.9 Å². The molecule has 5 N–H and O–H groups in total. The van der Waals surface area contributed by atoms with Crippen molar-refractivity contribution in [3.63, 3.8) is 0 Å². The van der Waals surface area contributed by atoms with E-state index in [9.17, 15) is 9.59 Å². The first-order valence-electron chi connectivity index (χ1n) is 5.01. The number of hydrogen-bond acceptors (Lipinski definition) is 4. The fourth-order valence-electron chi connectivity index (χ4n) is 1.60. The van der Waals surface area contributed by atoms with Crippen LogP contribution in [-0.2, 0) is 0 Å². The van der Waals surface area contributed by atoms with Gasteiger partial charge in [0.15, 0.2) is 5.58 Å². The van der Waals surface area contributed by atoms with Crippen molar-refractivity contribution in [1.29, 1.82) is 0 Å². The smallest absolute Gasteiger partial charge is 0.408 e. The molecule has 0 spiro atoms. The Kier molecular flexibility index (Phi) is 2.84. The van der Waals surface area contributed by atoms with Crippen LogP contribution in [0.3, 0.4) is 0 Å². The Balaban J connectivity index is 2.46. The van der Waals surface area contributed by atoms with Gasteiger partial charge in [-0.05, 0) is 18.2 Å². The van der Waals surface area contributed by atoms with E-state index < -0.39 is 11.8 Å². The molecule has 0 unspecified atom stereocenters. The van der Waals surface area contributed by atoms with Crippen molar-refractivity contribution in [3.05, 3.63) is 28.7 Å². The average molecular weight is 236 g/mol. The molecule has 2 amide bonds. The number of primary amides is 1. The Morgan fingerprint density at radius 2 is 2.24 bits per heavy atom. The van der Waals surface area contributed by atoms with Crippen molar-refractivity contribution in [2.24, 2.45) is 11.5 Å². The molecule has 1 heterocycles. The number of carbonyl (C=O) groups is 1. The van der Waals surface area contributed by atoms with Crippen LogP contribution in [-0.4, -0.2) is 24.1 Å². The van der Waals surface area contributed by atoms with E-state index in [1.54, 1.807) is 18.2 Å². The third kappa shape index (κ3) is 2.13. The quantitative estimate of drug-likeness (QED) is 0.693. The van der Waals surface area contributed by atoms with Gasteiger partial charge >= 0.3 is 11.8 Å². The van der Waals surface area contributed by atoms with E-state index in [-0.39, 0.29) is 0 Å². The third-order valence-electron chi connectivity index (χ3n) is 2.33. The summed E-state index contributed by atoms with van der Waals surface area (Å²) in [7, 11) is 0. The number of carbonyl (C=O) groups excluding carboxylic acids is 1. The monoisotopic (exact) mass is 236 g/mol. The summed E-state index contributed by atoms with van der Waals surface area (Å²) in [4.78, 5) is 26.0. The van der Waals surface area contributed by atoms with Gasteiger partial charge in [0.1, 0.15) is 0 Å². The minimum Gasteiger partial charge on any atom is -0.408 e. The first-order valence-corrected chi connectivity index (χ1v) is 5.01. The molecule has 17 heavy (non-hydrogen) atoms. The van der Waals surface area contributed by atoms with Crippen LogP contribution in [0.5, 0.6) is 0 Å². The van der Waals surface area contributed by atoms with Gasteiger partial charge in [-0.2, -0.15) is 0 Å². The number of aromatic nitrogens is 1. The number of rotatable bonds is 3. The molecule has 0 saturated heterocycles. The van der Waals surface area contributed by atoms with Crippen LogP contribution >= 0.6 is 0 Å². The van der Waals surface area contributed by atoms with Crippen LogP contribution < -0.4 is 22.1 Å². The molecule has 7 nitrogen and oxygen atoms in total. The number of urea groups is 1. The number of aromatic amines is 1. The van der Waals surface area contributed by atoms with Gasteiger partial charge in [-0.1, -0.05) is 0 Å². The zero-order chi connectivity index (χ0) is 12.4. The number of benzene rings is 1. The molecule has 0 saturated carbocycles. The van der Waals surface area contributed by atoms with Crippen LogP contribution in [0, 0.1) is 0 Å². The molecule has 0 aliphatic rings. The highest BCUT2D eigenvalue weighted by molar-refractivity contribution is 5.92. The number of nitrogens with two attached hydrogens (primary N) is 2. The molecule has 2 aromatic rings. The minimum absolute atomic E-state index is 0.295. The third-order valence-corrected chi connectivity index (χ3v) is 2.33. The van der Waals surface area contributed by atoms with E-state index in [2.05, 4.69) is 4.98 Å². The van der Waals surface area contributed by atoms with Crippen LogP contribution in [0.2, 0.25) is 0 Å². The van der Waals surface area contributed by atoms with Gasteiger partial charge in [-0.15, -0.1) is 0 Å². The lowest BCUT2D eigenvalue weighted by Crippen LogP contribution is -2.39. The predicted molar refractivity (Wildman–Crippen MR) is 62.8 cm³/mol. The summed E-state index contributed by atoms with van der Waals surface area (Å²) in [6, 6.07) is 4.25. The van der Waals surface area contributed by atoms with Crippen molar-refractivity contribution >= 4 is 22.8 Å². The molecule has 1 aromatic carbocycles. The van der Waals surface area contributed by atoms with E-state index in [4.69, 9.17) is 15.9 Å². The molecule has 0 aliphatic carbocycles. The highest BCUT2D eigenvalue weighted by Crippen LogP contribution is 2.19. The second-order valence-electron chi connectivity index (χ2n) is 3.47. The number of oxazole rings is 1. The van der Waals surface area contributed by atoms with Crippen LogP contribution in [0.1, 0.15) is 0 Å². The summed E-state index contributed by atoms with van der Waals surface area (Å²) in [5.74, 6) is -0.540. The molecule has 7 heteroatoms. The molecular formula is C10H12N4O3. The Bertz CT molecular complexity index is 601. The van der Waals surface area contributed by atoms with Gasteiger partial charge in [-0.3, -0.25) is 9.88 Å². The molecule has 1 aromatic heterocycles. The standard InChI is InChI=1S/C10H12N4O3/c11-3-4-14(9(12)15)6-1-2-8-7(5-6)13-10(16)17-8/h1-2,5H,3-4,11H2,(H2,12,15)(H,13,16). The SMILES string of the molecule is NCCN(C(N)=O)c1ccc2oc(=O)[nH]c2c1. The number of amides is 2. The number of hydrogen-bond donors (Lipinski definition) is 3. The van der Waals surface area contributed by atoms with E-state index in [0.717, 1.165) is 0 Å². The Morgan fingerprint density at radius 3 is 2.88 bits per heavy atom. The summed E-state index contributed by atoms with van der Waals surface area (Å²) >= 11 is 0. The summed E-state index contributed by atoms with van der Waals surface area (Å²) in [6.45, 7) is 0.603. The minimum atomic E-state index is -0.597. The maximum absolute atomic E-state index is 11.2. The molecule has 90 valence electrons. The Morgan fingerprint density at radius 1 is 1.47 bits per heavy atom. The average Bonchev–Trinajstić information content (AvgIpc) is 2.64. The van der Waals surface area contributed by atoms with E-state index in [1.165, 1.54) is 4.90 Å². The molecule has 0 aliphatic heterocycles. The summed E-state index contributed by atoms with van der Waals surface area (Å²) in [5.41, 5.74) is 12.1. The van der Waals surface area contributed by atoms with Crippen LogP contribution in [0.25, 0.3) is 11.1 Å². The largest absolute Gasteiger partial charge is 0.417 e. The van der Waals surface area contributed by atoms with Crippen molar-refractivity contribution in [3.8, 4) is 0 Å². The normalized spacial score (nSPS) is 10.6. The molecule has 0 atom stereocenters. The second kappa shape index (κ2) is 4.30. The summed E-state index contributed by atoms with van der Waals surface area (Å²) in [5, 5.41) is 0. The maximum Gasteiger partial charge on any atom is 0.417 e. The Hall–Kier alpha value is -2.28. The summed E-state index contributed by atoms with van der Waals surface area (Å²) in [6.07, 6.45) is 0. The zero-order valence-corrected chi connectivity index (χ0v) is 8.97. The number of H-pyrrole nitrogens is 1. The lowest BCUT2D eigenvalue weighted by atomic mass is 10.2. The first-order chi connectivity index (χ1) is 8.11. The van der Waals surface area contributed by atoms with E-state index in [1.807, 2.05) is 0 Å². The van der Waals surface area contributed by atoms with Crippen LogP contribution in [0.4, 0.5) is 10.5 Å². The van der Waals surface area contributed by atoms with Crippen molar-refractivity contribution in [1.82, 2.24) is 4.98 Å². The highest BCUT2D eigenvalue weighted by Gasteiger charge is 2.12. The summed E-state index contributed by atoms with van der Waals surface area (Å²) < 4.78 is 4.85. The van der Waals surface area contributed by atoms with Gasteiger partial charge in [0.05, 0.1) is 5.52 Å². The predicted octanol–water partition coefficient (Wildman–Crippen LogP) is -0.0351. The van der Waals surface area contributed by atoms with Gasteiger partial charge in [0, 0.05) is 18.8 Å². The second-order valence-corrected chi connectivity index (χ2v) is 3.47. The van der Waals surface area contributed by atoms with Gasteiger partial charge in [-0.25, -0.2) is 9.59 Å². The molecule has 0 radical (unpaired) electrons. The number of anilines is 1. The van der Waals surface area contributed by atoms with Gasteiger partial charge in [0.2, 0.25) is 0 Å². The molecule has 0 bridgehead atoms. The van der Waals surface area contributed by atoms with Gasteiger partial charge in [0.25, 0.3) is 0 Å². The topological polar surface area (TPSA) is 118 Å². The van der Waals surface area contributed by atoms with Crippen molar-refractivity contribution < 1.29 is 9.21 Å². The first kappa shape index (κ1) is 11.2. The van der Waals surface area contributed by atoms with Crippen LogP contribution in [0.15, 0.2) is 27.4 Å². The molecule has 2 rings (SSSR count). The van der Waals surface area contributed by atoms with E-state index in [0.29, 0.717) is 29.9 Å². The number of nitrogens with zero attached hydrogens (tertiary/aromatic N) is 1. The molecular weight excluding hydrogens is 224 g/mol. The molecule has 0 fully saturated rings. The van der Waals surface area contributed by atoms with E-state index >= 15 is 0 Å². The number of nitrogens with one attached hydrogen (secondary N) is 1. The lowest BCUT2D eigenvalue weighted by molar-refractivity contribution is 0.254. The fraction of sp³-hybridized carbons (Fsp3) is 0.200. The lowest BCUT2D eigenvalue weighted by Gasteiger charge is -2.19. The van der Waals surface area contributed by atoms with Crippen molar-refractivity contribution in [2.75, 3.05) is 18.0 Å². The maximum atomic E-state index is 11.2. The Labute approximate surface area is 96.0 Å². The highest BCUT2D eigenvalue weighted by atomic mass is 16.4. The zero-order valence-electron chi connectivity index (χ0n) is 8.97.